The highest BCUT2D eigenvalue weighted by molar-refractivity contribution is 7.90. The second-order valence-corrected chi connectivity index (χ2v) is 11.8. The second kappa shape index (κ2) is 11.4. The van der Waals surface area contributed by atoms with Gasteiger partial charge < -0.3 is 30.3 Å². The van der Waals surface area contributed by atoms with Crippen LogP contribution < -0.4 is 20.9 Å². The van der Waals surface area contributed by atoms with Gasteiger partial charge in [0.15, 0.2) is 20.5 Å². The van der Waals surface area contributed by atoms with Crippen LogP contribution in [0.3, 0.4) is 0 Å². The summed E-state index contributed by atoms with van der Waals surface area (Å²) in [5.41, 5.74) is 1.58. The molecule has 3 heterocycles. The van der Waals surface area contributed by atoms with E-state index < -0.39 is 21.5 Å². The van der Waals surface area contributed by atoms with Crippen LogP contribution in [0.25, 0.3) is 11.0 Å². The van der Waals surface area contributed by atoms with E-state index in [4.69, 9.17) is 9.47 Å². The zero-order chi connectivity index (χ0) is 27.3. The lowest BCUT2D eigenvalue weighted by molar-refractivity contribution is 0.0527. The number of carbonyl (C=O) groups excluding carboxylic acids is 1. The van der Waals surface area contributed by atoms with Gasteiger partial charge in [-0.2, -0.15) is 15.1 Å². The highest BCUT2D eigenvalue weighted by Crippen LogP contribution is 2.28. The minimum absolute atomic E-state index is 0.136. The lowest BCUT2D eigenvalue weighted by Gasteiger charge is -2.28. The molecule has 13 nitrogen and oxygen atoms in total. The number of morpholine rings is 1. The summed E-state index contributed by atoms with van der Waals surface area (Å²) in [4.78, 5) is 23.1. The fourth-order valence-electron chi connectivity index (χ4n) is 3.86. The number of nitrogens with zero attached hydrogens (tertiary/aromatic N) is 4. The van der Waals surface area contributed by atoms with Gasteiger partial charge in [0.25, 0.3) is 0 Å². The fourth-order valence-corrected chi connectivity index (χ4v) is 4.64. The van der Waals surface area contributed by atoms with Crippen LogP contribution in [0.1, 0.15) is 27.2 Å². The van der Waals surface area contributed by atoms with Crippen LogP contribution in [-0.2, 0) is 19.3 Å². The number of alkyl carbamates (subject to hydrolysis) is 1. The SMILES string of the molecule is CC(C)(C)OC(=O)NCCCNc1nc(Nc2ccc(N3CCOCC3)cc2)nc2[nH]nc(S(C)(=O)=O)c12. The van der Waals surface area contributed by atoms with Crippen molar-refractivity contribution in [3.63, 3.8) is 0 Å². The van der Waals surface area contributed by atoms with Crippen LogP contribution in [0.2, 0.25) is 0 Å². The Kier molecular flexibility index (Phi) is 8.21. The molecule has 0 spiro atoms. The molecule has 0 unspecified atom stereocenters. The van der Waals surface area contributed by atoms with Crippen molar-refractivity contribution in [2.24, 2.45) is 0 Å². The largest absolute Gasteiger partial charge is 0.444 e. The first kappa shape index (κ1) is 27.4. The molecule has 14 heteroatoms. The van der Waals surface area contributed by atoms with Crippen LogP contribution >= 0.6 is 0 Å². The van der Waals surface area contributed by atoms with E-state index >= 15 is 0 Å². The number of hydrogen-bond acceptors (Lipinski definition) is 11. The Morgan fingerprint density at radius 1 is 1.13 bits per heavy atom. The normalized spacial score (nSPS) is 14.4. The zero-order valence-electron chi connectivity index (χ0n) is 22.0. The number of carbonyl (C=O) groups is 1. The zero-order valence-corrected chi connectivity index (χ0v) is 22.8. The summed E-state index contributed by atoms with van der Waals surface area (Å²) >= 11 is 0. The quantitative estimate of drug-likeness (QED) is 0.292. The van der Waals surface area contributed by atoms with Gasteiger partial charge in [-0.15, -0.1) is 0 Å². The van der Waals surface area contributed by atoms with Crippen molar-refractivity contribution in [3.8, 4) is 0 Å². The van der Waals surface area contributed by atoms with E-state index in [2.05, 4.69) is 41.0 Å². The van der Waals surface area contributed by atoms with Gasteiger partial charge in [0.05, 0.1) is 13.2 Å². The summed E-state index contributed by atoms with van der Waals surface area (Å²) in [6.45, 7) is 9.26. The van der Waals surface area contributed by atoms with Crippen molar-refractivity contribution >= 4 is 50.1 Å². The molecule has 0 aliphatic carbocycles. The summed E-state index contributed by atoms with van der Waals surface area (Å²) in [7, 11) is -3.63. The molecule has 1 aliphatic rings. The van der Waals surface area contributed by atoms with Gasteiger partial charge in [0.1, 0.15) is 16.8 Å². The summed E-state index contributed by atoms with van der Waals surface area (Å²) in [6, 6.07) is 7.90. The predicted molar refractivity (Wildman–Crippen MR) is 145 cm³/mol. The van der Waals surface area contributed by atoms with Crippen molar-refractivity contribution < 1.29 is 22.7 Å². The molecule has 4 rings (SSSR count). The van der Waals surface area contributed by atoms with Crippen molar-refractivity contribution in [1.29, 1.82) is 0 Å². The second-order valence-electron chi connectivity index (χ2n) is 9.90. The van der Waals surface area contributed by atoms with Gasteiger partial charge in [-0.3, -0.25) is 5.10 Å². The van der Waals surface area contributed by atoms with E-state index in [9.17, 15) is 13.2 Å². The first-order valence-electron chi connectivity index (χ1n) is 12.4. The molecule has 1 fully saturated rings. The Labute approximate surface area is 221 Å². The van der Waals surface area contributed by atoms with E-state index in [0.29, 0.717) is 38.5 Å². The summed E-state index contributed by atoms with van der Waals surface area (Å²) < 4.78 is 35.3. The summed E-state index contributed by atoms with van der Waals surface area (Å²) in [5, 5.41) is 15.8. The van der Waals surface area contributed by atoms with E-state index in [0.717, 1.165) is 30.7 Å². The predicted octanol–water partition coefficient (Wildman–Crippen LogP) is 2.66. The molecule has 0 atom stereocenters. The smallest absolute Gasteiger partial charge is 0.407 e. The number of nitrogens with one attached hydrogen (secondary N) is 4. The van der Waals surface area contributed by atoms with Gasteiger partial charge in [0.2, 0.25) is 5.95 Å². The van der Waals surface area contributed by atoms with Crippen molar-refractivity contribution in [3.05, 3.63) is 24.3 Å². The molecular weight excluding hydrogens is 512 g/mol. The van der Waals surface area contributed by atoms with Crippen LogP contribution in [0.4, 0.5) is 27.9 Å². The Bertz CT molecular complexity index is 1360. The number of aromatic amines is 1. The molecule has 0 radical (unpaired) electrons. The molecule has 3 aromatic rings. The number of anilines is 4. The molecule has 0 bridgehead atoms. The topological polar surface area (TPSA) is 163 Å². The standard InChI is InChI=1S/C24H34N8O5S/c1-24(2,3)37-23(33)26-11-5-10-25-19-18-20(30-31-21(18)38(4,34)35)29-22(28-19)27-16-6-8-17(9-7-16)32-12-14-36-15-13-32/h6-9H,5,10-15H2,1-4H3,(H,26,33)(H3,25,27,28,29,30,31). The molecule has 4 N–H and O–H groups in total. The first-order chi connectivity index (χ1) is 18.0. The van der Waals surface area contributed by atoms with E-state index in [1.807, 2.05) is 24.3 Å². The number of benzene rings is 1. The number of H-pyrrole nitrogens is 1. The number of hydrogen-bond donors (Lipinski definition) is 4. The molecule has 0 saturated carbocycles. The minimum Gasteiger partial charge on any atom is -0.444 e. The fraction of sp³-hybridized carbons (Fsp3) is 0.500. The third-order valence-corrected chi connectivity index (χ3v) is 6.55. The van der Waals surface area contributed by atoms with E-state index in [1.54, 1.807) is 20.8 Å². The van der Waals surface area contributed by atoms with Crippen molar-refractivity contribution in [2.75, 3.05) is 61.2 Å². The van der Waals surface area contributed by atoms with Crippen molar-refractivity contribution in [2.45, 2.75) is 37.8 Å². The average Bonchev–Trinajstić information content (AvgIpc) is 3.29. The van der Waals surface area contributed by atoms with Gasteiger partial charge in [-0.25, -0.2) is 13.2 Å². The van der Waals surface area contributed by atoms with Gasteiger partial charge in [-0.05, 0) is 51.5 Å². The number of amides is 1. The lowest BCUT2D eigenvalue weighted by Crippen LogP contribution is -2.36. The first-order valence-corrected chi connectivity index (χ1v) is 14.3. The van der Waals surface area contributed by atoms with Gasteiger partial charge in [0, 0.05) is 43.8 Å². The van der Waals surface area contributed by atoms with Crippen LogP contribution in [-0.4, -0.2) is 85.9 Å². The Balaban J connectivity index is 1.47. The third-order valence-electron chi connectivity index (χ3n) is 5.55. The molecular formula is C24H34N8O5S. The molecule has 1 saturated heterocycles. The number of aromatic nitrogens is 4. The molecule has 1 amide bonds. The summed E-state index contributed by atoms with van der Waals surface area (Å²) in [5.74, 6) is 0.587. The number of ether oxygens (including phenoxy) is 2. The summed E-state index contributed by atoms with van der Waals surface area (Å²) in [6.07, 6.45) is 1.13. The lowest BCUT2D eigenvalue weighted by atomic mass is 10.2. The molecule has 1 aliphatic heterocycles. The highest BCUT2D eigenvalue weighted by atomic mass is 32.2. The Morgan fingerprint density at radius 3 is 2.50 bits per heavy atom. The average molecular weight is 547 g/mol. The molecule has 1 aromatic carbocycles. The maximum absolute atomic E-state index is 12.3. The number of fused-ring (bicyclic) bond motifs is 1. The Morgan fingerprint density at radius 2 is 1.84 bits per heavy atom. The monoisotopic (exact) mass is 546 g/mol. The van der Waals surface area contributed by atoms with Crippen LogP contribution in [0, 0.1) is 0 Å². The molecule has 206 valence electrons. The van der Waals surface area contributed by atoms with Crippen LogP contribution in [0.15, 0.2) is 29.3 Å². The van der Waals surface area contributed by atoms with Crippen LogP contribution in [0.5, 0.6) is 0 Å². The number of sulfone groups is 1. The van der Waals surface area contributed by atoms with Crippen molar-refractivity contribution in [1.82, 2.24) is 25.5 Å². The van der Waals surface area contributed by atoms with Gasteiger partial charge >= 0.3 is 6.09 Å². The third kappa shape index (κ3) is 7.22. The maximum atomic E-state index is 12.3. The van der Waals surface area contributed by atoms with Gasteiger partial charge in [-0.1, -0.05) is 0 Å². The van der Waals surface area contributed by atoms with E-state index in [-0.39, 0.29) is 22.0 Å². The Hall–Kier alpha value is -3.65. The maximum Gasteiger partial charge on any atom is 0.407 e. The minimum atomic E-state index is -3.63. The number of rotatable bonds is 9. The molecule has 38 heavy (non-hydrogen) atoms. The van der Waals surface area contributed by atoms with E-state index in [1.165, 1.54) is 0 Å². The highest BCUT2D eigenvalue weighted by Gasteiger charge is 2.22. The molecule has 2 aromatic heterocycles.